The van der Waals surface area contributed by atoms with Crippen LogP contribution >= 0.6 is 0 Å². The van der Waals surface area contributed by atoms with E-state index in [1.165, 1.54) is 12.8 Å². The van der Waals surface area contributed by atoms with Crippen molar-refractivity contribution in [3.63, 3.8) is 0 Å². The molecule has 0 aromatic carbocycles. The van der Waals surface area contributed by atoms with Crippen LogP contribution in [0.25, 0.3) is 0 Å². The molecule has 15 heavy (non-hydrogen) atoms. The minimum Gasteiger partial charge on any atom is -0.481 e. The normalized spacial score (nSPS) is 20.1. The molecule has 0 radical (unpaired) electrons. The number of nitrogens with one attached hydrogen (secondary N) is 1. The van der Waals surface area contributed by atoms with Crippen molar-refractivity contribution in [3.8, 4) is 0 Å². The molecular weight excluding hydrogens is 194 g/mol. The first-order valence-electron chi connectivity index (χ1n) is 5.72. The number of piperidine rings is 1. The number of ether oxygens (including phenoxy) is 1. The summed E-state index contributed by atoms with van der Waals surface area (Å²) in [5, 5.41) is 11.8. The summed E-state index contributed by atoms with van der Waals surface area (Å²) < 4.78 is 5.64. The first kappa shape index (κ1) is 12.5. The molecule has 88 valence electrons. The smallest absolute Gasteiger partial charge is 0.303 e. The Morgan fingerprint density at radius 1 is 1.53 bits per heavy atom. The molecular formula is C11H21NO3. The molecule has 1 aliphatic heterocycles. The number of rotatable bonds is 6. The highest BCUT2D eigenvalue weighted by molar-refractivity contribution is 5.66. The third-order valence-corrected chi connectivity index (χ3v) is 2.84. The fourth-order valence-corrected chi connectivity index (χ4v) is 1.76. The molecule has 0 aromatic heterocycles. The van der Waals surface area contributed by atoms with Crippen molar-refractivity contribution >= 4 is 5.97 Å². The van der Waals surface area contributed by atoms with Crippen LogP contribution in [0.1, 0.15) is 32.6 Å². The number of carbonyl (C=O) groups is 1. The van der Waals surface area contributed by atoms with Gasteiger partial charge >= 0.3 is 5.97 Å². The number of hydrogen-bond donors (Lipinski definition) is 2. The second-order valence-corrected chi connectivity index (χ2v) is 4.27. The van der Waals surface area contributed by atoms with E-state index in [0.717, 1.165) is 19.7 Å². The highest BCUT2D eigenvalue weighted by Crippen LogP contribution is 2.13. The van der Waals surface area contributed by atoms with Gasteiger partial charge in [0.15, 0.2) is 0 Å². The Balaban J connectivity index is 2.04. The van der Waals surface area contributed by atoms with Crippen LogP contribution in [0.4, 0.5) is 0 Å². The van der Waals surface area contributed by atoms with E-state index in [1.807, 2.05) is 6.92 Å². The molecule has 0 bridgehead atoms. The molecule has 1 atom stereocenters. The monoisotopic (exact) mass is 215 g/mol. The Hall–Kier alpha value is -0.610. The molecule has 0 saturated carbocycles. The second-order valence-electron chi connectivity index (χ2n) is 4.27. The van der Waals surface area contributed by atoms with Crippen molar-refractivity contribution in [2.45, 2.75) is 38.7 Å². The third-order valence-electron chi connectivity index (χ3n) is 2.84. The van der Waals surface area contributed by atoms with Gasteiger partial charge < -0.3 is 15.2 Å². The summed E-state index contributed by atoms with van der Waals surface area (Å²) in [6.45, 7) is 4.89. The minimum absolute atomic E-state index is 0.0657. The van der Waals surface area contributed by atoms with E-state index >= 15 is 0 Å². The summed E-state index contributed by atoms with van der Waals surface area (Å²) in [6, 6.07) is 0. The van der Waals surface area contributed by atoms with E-state index in [1.54, 1.807) is 0 Å². The number of aliphatic carboxylic acids is 1. The largest absolute Gasteiger partial charge is 0.481 e. The van der Waals surface area contributed by atoms with E-state index < -0.39 is 5.97 Å². The van der Waals surface area contributed by atoms with Gasteiger partial charge in [0, 0.05) is 13.0 Å². The average Bonchev–Trinajstić information content (AvgIpc) is 2.25. The van der Waals surface area contributed by atoms with Crippen molar-refractivity contribution in [2.75, 3.05) is 19.7 Å². The molecule has 1 aliphatic rings. The molecule has 1 unspecified atom stereocenters. The van der Waals surface area contributed by atoms with Gasteiger partial charge in [-0.1, -0.05) is 0 Å². The van der Waals surface area contributed by atoms with Crippen LogP contribution in [0.15, 0.2) is 0 Å². The summed E-state index contributed by atoms with van der Waals surface area (Å²) in [5.41, 5.74) is 0. The Bertz CT molecular complexity index is 190. The molecule has 0 aromatic rings. The summed E-state index contributed by atoms with van der Waals surface area (Å²) >= 11 is 0. The quantitative estimate of drug-likeness (QED) is 0.700. The Morgan fingerprint density at radius 3 is 2.80 bits per heavy atom. The first-order chi connectivity index (χ1) is 7.18. The highest BCUT2D eigenvalue weighted by Gasteiger charge is 2.14. The minimum atomic E-state index is -0.743. The lowest BCUT2D eigenvalue weighted by Crippen LogP contribution is -2.30. The number of carboxylic acid groups (broad SMARTS) is 1. The van der Waals surface area contributed by atoms with Crippen LogP contribution in [-0.4, -0.2) is 36.9 Å². The van der Waals surface area contributed by atoms with E-state index in [-0.39, 0.29) is 12.5 Å². The summed E-state index contributed by atoms with van der Waals surface area (Å²) in [5.74, 6) is -0.0918. The van der Waals surface area contributed by atoms with Crippen molar-refractivity contribution in [1.82, 2.24) is 5.32 Å². The summed E-state index contributed by atoms with van der Waals surface area (Å²) in [6.07, 6.45) is 3.22. The van der Waals surface area contributed by atoms with Gasteiger partial charge in [-0.2, -0.15) is 0 Å². The van der Waals surface area contributed by atoms with Crippen molar-refractivity contribution in [3.05, 3.63) is 0 Å². The fraction of sp³-hybridized carbons (Fsp3) is 0.909. The number of hydrogen-bond acceptors (Lipinski definition) is 3. The predicted octanol–water partition coefficient (Wildman–Crippen LogP) is 1.26. The maximum absolute atomic E-state index is 10.3. The summed E-state index contributed by atoms with van der Waals surface area (Å²) in [4.78, 5) is 10.3. The molecule has 2 N–H and O–H groups in total. The standard InChI is InChI=1S/C11H21NO3/c1-9(2-3-11(13)14)15-8-10-4-6-12-7-5-10/h9-10,12H,2-8H2,1H3,(H,13,14). The van der Waals surface area contributed by atoms with Crippen LogP contribution in [0.3, 0.4) is 0 Å². The van der Waals surface area contributed by atoms with Crippen LogP contribution in [-0.2, 0) is 9.53 Å². The van der Waals surface area contributed by atoms with Crippen LogP contribution < -0.4 is 5.32 Å². The lowest BCUT2D eigenvalue weighted by molar-refractivity contribution is -0.137. The average molecular weight is 215 g/mol. The van der Waals surface area contributed by atoms with E-state index in [4.69, 9.17) is 9.84 Å². The SMILES string of the molecule is CC(CCC(=O)O)OCC1CCNCC1. The lowest BCUT2D eigenvalue weighted by Gasteiger charge is -2.24. The zero-order chi connectivity index (χ0) is 11.1. The van der Waals surface area contributed by atoms with Gasteiger partial charge in [-0.3, -0.25) is 4.79 Å². The van der Waals surface area contributed by atoms with Gasteiger partial charge in [0.05, 0.1) is 6.10 Å². The lowest BCUT2D eigenvalue weighted by atomic mass is 9.99. The number of carboxylic acids is 1. The van der Waals surface area contributed by atoms with Gasteiger partial charge in [0.25, 0.3) is 0 Å². The molecule has 1 rings (SSSR count). The molecule has 1 fully saturated rings. The molecule has 4 nitrogen and oxygen atoms in total. The molecule has 1 heterocycles. The van der Waals surface area contributed by atoms with Crippen LogP contribution in [0, 0.1) is 5.92 Å². The van der Waals surface area contributed by atoms with Gasteiger partial charge in [-0.15, -0.1) is 0 Å². The Morgan fingerprint density at radius 2 is 2.20 bits per heavy atom. The molecule has 0 spiro atoms. The third kappa shape index (κ3) is 5.74. The van der Waals surface area contributed by atoms with Crippen LogP contribution in [0.2, 0.25) is 0 Å². The predicted molar refractivity (Wildman–Crippen MR) is 57.9 cm³/mol. The molecule has 4 heteroatoms. The van der Waals surface area contributed by atoms with Gasteiger partial charge in [-0.05, 0) is 45.2 Å². The van der Waals surface area contributed by atoms with Crippen molar-refractivity contribution in [1.29, 1.82) is 0 Å². The Labute approximate surface area is 91.0 Å². The van der Waals surface area contributed by atoms with Crippen molar-refractivity contribution in [2.24, 2.45) is 5.92 Å². The molecule has 1 saturated heterocycles. The first-order valence-corrected chi connectivity index (χ1v) is 5.72. The van der Waals surface area contributed by atoms with Gasteiger partial charge in [-0.25, -0.2) is 0 Å². The zero-order valence-electron chi connectivity index (χ0n) is 9.37. The molecule has 0 amide bonds. The van der Waals surface area contributed by atoms with Gasteiger partial charge in [0.1, 0.15) is 0 Å². The van der Waals surface area contributed by atoms with Crippen LogP contribution in [0.5, 0.6) is 0 Å². The molecule has 0 aliphatic carbocycles. The topological polar surface area (TPSA) is 58.6 Å². The maximum Gasteiger partial charge on any atom is 0.303 e. The Kier molecular flexibility index (Phi) is 5.65. The maximum atomic E-state index is 10.3. The zero-order valence-corrected chi connectivity index (χ0v) is 9.37. The fourth-order valence-electron chi connectivity index (χ4n) is 1.76. The van der Waals surface area contributed by atoms with E-state index in [0.29, 0.717) is 12.3 Å². The van der Waals surface area contributed by atoms with Crippen molar-refractivity contribution < 1.29 is 14.6 Å². The highest BCUT2D eigenvalue weighted by atomic mass is 16.5. The van der Waals surface area contributed by atoms with E-state index in [9.17, 15) is 4.79 Å². The van der Waals surface area contributed by atoms with E-state index in [2.05, 4.69) is 5.32 Å². The second kappa shape index (κ2) is 6.80. The van der Waals surface area contributed by atoms with Gasteiger partial charge in [0.2, 0.25) is 0 Å². The summed E-state index contributed by atoms with van der Waals surface area (Å²) in [7, 11) is 0.